The van der Waals surface area contributed by atoms with Crippen LogP contribution in [-0.2, 0) is 11.2 Å². The lowest BCUT2D eigenvalue weighted by Crippen LogP contribution is -2.38. The zero-order valence-electron chi connectivity index (χ0n) is 15.2. The molecule has 2 aromatic rings. The van der Waals surface area contributed by atoms with E-state index in [0.29, 0.717) is 17.9 Å². The molecule has 3 heterocycles. The van der Waals surface area contributed by atoms with Crippen molar-refractivity contribution in [3.05, 3.63) is 35.8 Å². The molecule has 0 aromatic carbocycles. The minimum atomic E-state index is 0.238. The summed E-state index contributed by atoms with van der Waals surface area (Å²) in [5.41, 5.74) is 3.61. The summed E-state index contributed by atoms with van der Waals surface area (Å²) in [5, 5.41) is 0. The van der Waals surface area contributed by atoms with Crippen LogP contribution in [0, 0.1) is 17.8 Å². The molecule has 0 spiro atoms. The molecule has 0 N–H and O–H groups in total. The van der Waals surface area contributed by atoms with Gasteiger partial charge in [0.05, 0.1) is 12.1 Å². The van der Waals surface area contributed by atoms with Crippen molar-refractivity contribution in [2.75, 3.05) is 6.54 Å². The van der Waals surface area contributed by atoms with Crippen molar-refractivity contribution in [3.63, 3.8) is 0 Å². The summed E-state index contributed by atoms with van der Waals surface area (Å²) in [5.74, 6) is 0.238. The van der Waals surface area contributed by atoms with Crippen LogP contribution in [0.2, 0.25) is 0 Å². The third-order valence-corrected chi connectivity index (χ3v) is 5.73. The molecule has 2 aromatic heterocycles. The Labute approximate surface area is 143 Å². The van der Waals surface area contributed by atoms with Crippen molar-refractivity contribution in [1.29, 1.82) is 0 Å². The number of hydrogen-bond donors (Lipinski definition) is 0. The number of aromatic nitrogens is 2. The van der Waals surface area contributed by atoms with Gasteiger partial charge in [0.15, 0.2) is 0 Å². The fourth-order valence-electron chi connectivity index (χ4n) is 5.23. The Kier molecular flexibility index (Phi) is 3.32. The minimum absolute atomic E-state index is 0.238. The summed E-state index contributed by atoms with van der Waals surface area (Å²) in [4.78, 5) is 19.7. The van der Waals surface area contributed by atoms with E-state index in [-0.39, 0.29) is 11.3 Å². The molecule has 0 radical (unpaired) electrons. The number of fused-ring (bicyclic) bond motifs is 3. The maximum atomic E-state index is 12.9. The molecule has 2 aliphatic rings. The van der Waals surface area contributed by atoms with Gasteiger partial charge in [0.2, 0.25) is 5.91 Å². The molecule has 4 heteroatoms. The first kappa shape index (κ1) is 15.7. The number of rotatable bonds is 2. The second-order valence-electron chi connectivity index (χ2n) is 9.11. The topological polar surface area (TPSA) is 37.6 Å². The van der Waals surface area contributed by atoms with E-state index in [1.54, 1.807) is 0 Å². The molecular weight excluding hydrogens is 298 g/mol. The van der Waals surface area contributed by atoms with Gasteiger partial charge in [0.25, 0.3) is 0 Å². The van der Waals surface area contributed by atoms with Gasteiger partial charge in [-0.15, -0.1) is 0 Å². The Morgan fingerprint density at radius 1 is 1.33 bits per heavy atom. The highest BCUT2D eigenvalue weighted by Gasteiger charge is 2.50. The van der Waals surface area contributed by atoms with Crippen LogP contribution in [0.25, 0.3) is 5.65 Å². The molecule has 1 aliphatic carbocycles. The number of hydrogen-bond acceptors (Lipinski definition) is 2. The molecule has 4 nitrogen and oxygen atoms in total. The monoisotopic (exact) mass is 325 g/mol. The number of aryl methyl sites for hydroxylation is 1. The normalized spacial score (nSPS) is 28.5. The average Bonchev–Trinajstić information content (AvgIpc) is 2.94. The largest absolute Gasteiger partial charge is 0.339 e. The van der Waals surface area contributed by atoms with Gasteiger partial charge in [-0.2, -0.15) is 0 Å². The van der Waals surface area contributed by atoms with Crippen LogP contribution in [0.4, 0.5) is 0 Å². The number of pyridine rings is 1. The van der Waals surface area contributed by atoms with Crippen molar-refractivity contribution >= 4 is 11.6 Å². The van der Waals surface area contributed by atoms with Crippen molar-refractivity contribution in [3.8, 4) is 0 Å². The summed E-state index contributed by atoms with van der Waals surface area (Å²) in [6.45, 7) is 10.0. The number of amides is 1. The van der Waals surface area contributed by atoms with E-state index in [2.05, 4.69) is 49.7 Å². The molecule has 2 fully saturated rings. The molecule has 4 rings (SSSR count). The molecule has 2 bridgehead atoms. The molecule has 1 aliphatic heterocycles. The van der Waals surface area contributed by atoms with Crippen LogP contribution >= 0.6 is 0 Å². The quantitative estimate of drug-likeness (QED) is 0.846. The smallest absolute Gasteiger partial charge is 0.228 e. The van der Waals surface area contributed by atoms with Crippen molar-refractivity contribution < 1.29 is 4.79 Å². The van der Waals surface area contributed by atoms with Crippen LogP contribution < -0.4 is 0 Å². The van der Waals surface area contributed by atoms with Gasteiger partial charge in [-0.25, -0.2) is 4.98 Å². The number of likely N-dealkylation sites (tertiary alicyclic amines) is 1. The van der Waals surface area contributed by atoms with Crippen LogP contribution in [0.15, 0.2) is 24.5 Å². The summed E-state index contributed by atoms with van der Waals surface area (Å²) in [7, 11) is 0. The molecule has 2 unspecified atom stereocenters. The molecule has 1 amide bonds. The average molecular weight is 325 g/mol. The molecule has 128 valence electrons. The summed E-state index contributed by atoms with van der Waals surface area (Å²) in [6.07, 6.45) is 7.91. The van der Waals surface area contributed by atoms with E-state index in [9.17, 15) is 4.79 Å². The molecule has 1 saturated carbocycles. The maximum absolute atomic E-state index is 12.9. The number of nitrogens with zero attached hydrogens (tertiary/aromatic N) is 3. The van der Waals surface area contributed by atoms with Crippen LogP contribution in [0.3, 0.4) is 0 Å². The van der Waals surface area contributed by atoms with Crippen LogP contribution in [-0.4, -0.2) is 32.8 Å². The molecule has 24 heavy (non-hydrogen) atoms. The second-order valence-corrected chi connectivity index (χ2v) is 9.11. The Hall–Kier alpha value is -1.84. The van der Waals surface area contributed by atoms with Crippen molar-refractivity contribution in [2.45, 2.75) is 59.4 Å². The first-order chi connectivity index (χ1) is 11.2. The van der Waals surface area contributed by atoms with E-state index < -0.39 is 0 Å². The molecule has 2 atom stereocenters. The maximum Gasteiger partial charge on any atom is 0.228 e. The zero-order valence-corrected chi connectivity index (χ0v) is 15.2. The predicted molar refractivity (Wildman–Crippen MR) is 94.9 cm³/mol. The van der Waals surface area contributed by atoms with Gasteiger partial charge in [0, 0.05) is 25.0 Å². The highest BCUT2D eigenvalue weighted by Crippen LogP contribution is 2.52. The van der Waals surface area contributed by atoms with Gasteiger partial charge < -0.3 is 9.30 Å². The first-order valence-corrected chi connectivity index (χ1v) is 8.97. The standard InChI is InChI=1S/C20H27N3O/c1-14-5-6-22-11-15(21-17(22)7-14)8-18(24)23-13-20(4)10-16(23)9-19(2,3)12-20/h5-7,11,16H,8-10,12-13H2,1-4H3. The fourth-order valence-corrected chi connectivity index (χ4v) is 5.23. The van der Waals surface area contributed by atoms with Gasteiger partial charge in [0.1, 0.15) is 5.65 Å². The second kappa shape index (κ2) is 5.08. The number of carbonyl (C=O) groups excluding carboxylic acids is 1. The lowest BCUT2D eigenvalue weighted by molar-refractivity contribution is -0.131. The Morgan fingerprint density at radius 3 is 2.92 bits per heavy atom. The fraction of sp³-hybridized carbons (Fsp3) is 0.600. The van der Waals surface area contributed by atoms with Crippen LogP contribution in [0.5, 0.6) is 0 Å². The van der Waals surface area contributed by atoms with E-state index in [1.807, 2.05) is 16.8 Å². The van der Waals surface area contributed by atoms with Gasteiger partial charge in [-0.3, -0.25) is 4.79 Å². The lowest BCUT2D eigenvalue weighted by atomic mass is 9.65. The zero-order chi connectivity index (χ0) is 17.1. The minimum Gasteiger partial charge on any atom is -0.339 e. The van der Waals surface area contributed by atoms with E-state index in [0.717, 1.165) is 30.7 Å². The Balaban J connectivity index is 1.54. The highest BCUT2D eigenvalue weighted by atomic mass is 16.2. The summed E-state index contributed by atoms with van der Waals surface area (Å²) >= 11 is 0. The number of imidazole rings is 1. The van der Waals surface area contributed by atoms with E-state index >= 15 is 0 Å². The molecule has 1 saturated heterocycles. The lowest BCUT2D eigenvalue weighted by Gasteiger charge is -2.39. The Morgan fingerprint density at radius 2 is 2.12 bits per heavy atom. The SMILES string of the molecule is Cc1ccn2cc(CC(=O)N3CC4(C)CC3CC(C)(C)C4)nc2c1. The summed E-state index contributed by atoms with van der Waals surface area (Å²) in [6, 6.07) is 4.53. The van der Waals surface area contributed by atoms with E-state index in [1.165, 1.54) is 12.0 Å². The van der Waals surface area contributed by atoms with Gasteiger partial charge >= 0.3 is 0 Å². The third-order valence-electron chi connectivity index (χ3n) is 5.73. The predicted octanol–water partition coefficient (Wildman–Crippen LogP) is 3.61. The third kappa shape index (κ3) is 2.72. The first-order valence-electron chi connectivity index (χ1n) is 8.97. The van der Waals surface area contributed by atoms with Gasteiger partial charge in [-0.1, -0.05) is 20.8 Å². The number of carbonyl (C=O) groups is 1. The highest BCUT2D eigenvalue weighted by molar-refractivity contribution is 5.79. The van der Waals surface area contributed by atoms with Gasteiger partial charge in [-0.05, 0) is 54.7 Å². The van der Waals surface area contributed by atoms with Crippen molar-refractivity contribution in [1.82, 2.24) is 14.3 Å². The summed E-state index contributed by atoms with van der Waals surface area (Å²) < 4.78 is 2.00. The Bertz CT molecular complexity index is 806. The molecular formula is C20H27N3O. The van der Waals surface area contributed by atoms with Crippen molar-refractivity contribution in [2.24, 2.45) is 10.8 Å². The van der Waals surface area contributed by atoms with E-state index in [4.69, 9.17) is 0 Å². The van der Waals surface area contributed by atoms with Crippen LogP contribution in [0.1, 0.15) is 51.3 Å².